The number of benzene rings is 1. The van der Waals surface area contributed by atoms with E-state index >= 15 is 0 Å². The molecule has 0 heterocycles. The fraction of sp³-hybridized carbons (Fsp3) is 0.529. The molecular formula is C17H26N2O4. The molecule has 2 N–H and O–H groups in total. The third-order valence-corrected chi connectivity index (χ3v) is 3.61. The smallest absolute Gasteiger partial charge is 0.239 e. The van der Waals surface area contributed by atoms with E-state index in [9.17, 15) is 9.59 Å². The van der Waals surface area contributed by atoms with Crippen LogP contribution in [-0.2, 0) is 9.59 Å². The standard InChI is InChI=1S/C17H26N2O4/c1-6-7-10-18-15(20)17(2,3)16(21)19-13-9-8-12(22-4)11-14(13)23-5/h8-9,11H,6-7,10H2,1-5H3,(H,18,20)(H,19,21). The molecule has 1 rings (SSSR count). The van der Waals surface area contributed by atoms with Crippen LogP contribution in [-0.4, -0.2) is 32.6 Å². The predicted molar refractivity (Wildman–Crippen MR) is 89.9 cm³/mol. The molecule has 6 nitrogen and oxygen atoms in total. The molecule has 2 amide bonds. The van der Waals surface area contributed by atoms with E-state index in [2.05, 4.69) is 10.6 Å². The first-order valence-electron chi connectivity index (χ1n) is 7.68. The number of carbonyl (C=O) groups is 2. The van der Waals surface area contributed by atoms with Crippen molar-refractivity contribution < 1.29 is 19.1 Å². The van der Waals surface area contributed by atoms with Gasteiger partial charge in [0.2, 0.25) is 11.8 Å². The third-order valence-electron chi connectivity index (χ3n) is 3.61. The lowest BCUT2D eigenvalue weighted by Gasteiger charge is -2.23. The Kier molecular flexibility index (Phi) is 6.88. The number of hydrogen-bond acceptors (Lipinski definition) is 4. The third kappa shape index (κ3) is 4.87. The number of methoxy groups -OCH3 is 2. The molecule has 0 bridgehead atoms. The largest absolute Gasteiger partial charge is 0.497 e. The molecule has 1 aromatic rings. The fourth-order valence-electron chi connectivity index (χ4n) is 1.88. The fourth-order valence-corrected chi connectivity index (χ4v) is 1.88. The van der Waals surface area contributed by atoms with Gasteiger partial charge in [0.05, 0.1) is 19.9 Å². The van der Waals surface area contributed by atoms with Crippen LogP contribution in [0.1, 0.15) is 33.6 Å². The topological polar surface area (TPSA) is 76.7 Å². The van der Waals surface area contributed by atoms with Gasteiger partial charge in [0.15, 0.2) is 0 Å². The molecular weight excluding hydrogens is 296 g/mol. The van der Waals surface area contributed by atoms with Crippen LogP contribution in [0.2, 0.25) is 0 Å². The lowest BCUT2D eigenvalue weighted by Crippen LogP contribution is -2.45. The van der Waals surface area contributed by atoms with Gasteiger partial charge in [0.1, 0.15) is 16.9 Å². The van der Waals surface area contributed by atoms with Gasteiger partial charge in [0, 0.05) is 12.6 Å². The summed E-state index contributed by atoms with van der Waals surface area (Å²) in [6.45, 7) is 5.80. The molecule has 6 heteroatoms. The molecule has 0 aliphatic rings. The van der Waals surface area contributed by atoms with Gasteiger partial charge in [-0.15, -0.1) is 0 Å². The van der Waals surface area contributed by atoms with Crippen molar-refractivity contribution >= 4 is 17.5 Å². The summed E-state index contributed by atoms with van der Waals surface area (Å²) in [6, 6.07) is 5.07. The Morgan fingerprint density at radius 2 is 1.83 bits per heavy atom. The van der Waals surface area contributed by atoms with E-state index in [0.717, 1.165) is 12.8 Å². The number of unbranched alkanes of at least 4 members (excludes halogenated alkanes) is 1. The molecule has 128 valence electrons. The number of hydrogen-bond donors (Lipinski definition) is 2. The van der Waals surface area contributed by atoms with Crippen molar-refractivity contribution in [2.45, 2.75) is 33.6 Å². The highest BCUT2D eigenvalue weighted by Gasteiger charge is 2.36. The summed E-state index contributed by atoms with van der Waals surface area (Å²) in [6.07, 6.45) is 1.87. The molecule has 0 atom stereocenters. The van der Waals surface area contributed by atoms with Crippen LogP contribution in [0, 0.1) is 5.41 Å². The number of anilines is 1. The van der Waals surface area contributed by atoms with Gasteiger partial charge in [-0.3, -0.25) is 9.59 Å². The summed E-state index contributed by atoms with van der Waals surface area (Å²) < 4.78 is 10.4. The van der Waals surface area contributed by atoms with Gasteiger partial charge in [0.25, 0.3) is 0 Å². The number of ether oxygens (including phenoxy) is 2. The molecule has 0 unspecified atom stereocenters. The van der Waals surface area contributed by atoms with Crippen LogP contribution in [0.4, 0.5) is 5.69 Å². The Balaban J connectivity index is 2.83. The Labute approximate surface area is 137 Å². The second kappa shape index (κ2) is 8.41. The zero-order valence-electron chi connectivity index (χ0n) is 14.5. The van der Waals surface area contributed by atoms with Crippen LogP contribution in [0.25, 0.3) is 0 Å². The molecule has 0 spiro atoms. The molecule has 0 fully saturated rings. The zero-order chi connectivity index (χ0) is 17.5. The highest BCUT2D eigenvalue weighted by atomic mass is 16.5. The normalized spacial score (nSPS) is 10.8. The van der Waals surface area contributed by atoms with Gasteiger partial charge < -0.3 is 20.1 Å². The summed E-state index contributed by atoms with van der Waals surface area (Å²) in [7, 11) is 3.06. The molecule has 0 saturated carbocycles. The molecule has 0 aliphatic heterocycles. The molecule has 0 radical (unpaired) electrons. The summed E-state index contributed by atoms with van der Waals surface area (Å²) in [5.41, 5.74) is -0.689. The molecule has 0 aliphatic carbocycles. The van der Waals surface area contributed by atoms with Gasteiger partial charge in [-0.05, 0) is 32.4 Å². The Morgan fingerprint density at radius 3 is 2.39 bits per heavy atom. The maximum absolute atomic E-state index is 12.5. The number of amides is 2. The minimum atomic E-state index is -1.18. The van der Waals surface area contributed by atoms with E-state index in [1.165, 1.54) is 7.11 Å². The molecule has 1 aromatic carbocycles. The van der Waals surface area contributed by atoms with Crippen LogP contribution < -0.4 is 20.1 Å². The first kappa shape index (κ1) is 18.8. The van der Waals surface area contributed by atoms with Crippen molar-refractivity contribution in [3.8, 4) is 11.5 Å². The van der Waals surface area contributed by atoms with Crippen LogP contribution >= 0.6 is 0 Å². The quantitative estimate of drug-likeness (QED) is 0.570. The van der Waals surface area contributed by atoms with Crippen LogP contribution in [0.15, 0.2) is 18.2 Å². The van der Waals surface area contributed by atoms with Crippen molar-refractivity contribution in [2.24, 2.45) is 5.41 Å². The maximum atomic E-state index is 12.5. The highest BCUT2D eigenvalue weighted by Crippen LogP contribution is 2.30. The number of nitrogens with one attached hydrogen (secondary N) is 2. The first-order valence-corrected chi connectivity index (χ1v) is 7.68. The molecule has 0 aromatic heterocycles. The second-order valence-corrected chi connectivity index (χ2v) is 5.75. The second-order valence-electron chi connectivity index (χ2n) is 5.75. The van der Waals surface area contributed by atoms with E-state index in [-0.39, 0.29) is 5.91 Å². The summed E-state index contributed by atoms with van der Waals surface area (Å²) >= 11 is 0. The van der Waals surface area contributed by atoms with E-state index in [4.69, 9.17) is 9.47 Å². The van der Waals surface area contributed by atoms with Crippen molar-refractivity contribution in [1.82, 2.24) is 5.32 Å². The van der Waals surface area contributed by atoms with Gasteiger partial charge in [-0.25, -0.2) is 0 Å². The van der Waals surface area contributed by atoms with Gasteiger partial charge in [-0.1, -0.05) is 13.3 Å². The monoisotopic (exact) mass is 322 g/mol. The van der Waals surface area contributed by atoms with E-state index in [1.54, 1.807) is 39.2 Å². The first-order chi connectivity index (χ1) is 10.9. The molecule has 0 saturated heterocycles. The highest BCUT2D eigenvalue weighted by molar-refractivity contribution is 6.10. The van der Waals surface area contributed by atoms with Crippen molar-refractivity contribution in [3.63, 3.8) is 0 Å². The van der Waals surface area contributed by atoms with Crippen LogP contribution in [0.3, 0.4) is 0 Å². The minimum absolute atomic E-state index is 0.295. The minimum Gasteiger partial charge on any atom is -0.497 e. The number of carbonyl (C=O) groups excluding carboxylic acids is 2. The van der Waals surface area contributed by atoms with Crippen LogP contribution in [0.5, 0.6) is 11.5 Å². The number of rotatable bonds is 8. The Hall–Kier alpha value is -2.24. The lowest BCUT2D eigenvalue weighted by atomic mass is 9.91. The Morgan fingerprint density at radius 1 is 1.13 bits per heavy atom. The average molecular weight is 322 g/mol. The average Bonchev–Trinajstić information content (AvgIpc) is 2.55. The summed E-state index contributed by atoms with van der Waals surface area (Å²) in [4.78, 5) is 24.7. The van der Waals surface area contributed by atoms with Crippen molar-refractivity contribution in [2.75, 3.05) is 26.1 Å². The summed E-state index contributed by atoms with van der Waals surface area (Å²) in [5.74, 6) is 0.405. The zero-order valence-corrected chi connectivity index (χ0v) is 14.5. The van der Waals surface area contributed by atoms with E-state index in [0.29, 0.717) is 23.7 Å². The van der Waals surface area contributed by atoms with Gasteiger partial charge >= 0.3 is 0 Å². The lowest BCUT2D eigenvalue weighted by molar-refractivity contribution is -0.138. The van der Waals surface area contributed by atoms with Crippen molar-refractivity contribution in [3.05, 3.63) is 18.2 Å². The summed E-state index contributed by atoms with van der Waals surface area (Å²) in [5, 5.41) is 5.53. The van der Waals surface area contributed by atoms with Crippen molar-refractivity contribution in [1.29, 1.82) is 0 Å². The Bertz CT molecular complexity index is 556. The van der Waals surface area contributed by atoms with E-state index in [1.807, 2.05) is 6.92 Å². The SMILES string of the molecule is CCCCNC(=O)C(C)(C)C(=O)Nc1ccc(OC)cc1OC. The van der Waals surface area contributed by atoms with E-state index < -0.39 is 11.3 Å². The van der Waals surface area contributed by atoms with Gasteiger partial charge in [-0.2, -0.15) is 0 Å². The molecule has 23 heavy (non-hydrogen) atoms. The maximum Gasteiger partial charge on any atom is 0.239 e. The predicted octanol–water partition coefficient (Wildman–Crippen LogP) is 2.58.